The first-order valence-electron chi connectivity index (χ1n) is 8.00. The lowest BCUT2D eigenvalue weighted by Gasteiger charge is -2.02. The molecule has 25 heavy (non-hydrogen) atoms. The fourth-order valence-corrected chi connectivity index (χ4v) is 3.68. The van der Waals surface area contributed by atoms with E-state index in [2.05, 4.69) is 10.2 Å². The second-order valence-electron chi connectivity index (χ2n) is 5.75. The molecule has 1 atom stereocenters. The summed E-state index contributed by atoms with van der Waals surface area (Å²) in [7, 11) is -1.22. The van der Waals surface area contributed by atoms with Crippen LogP contribution in [0.5, 0.6) is 0 Å². The van der Waals surface area contributed by atoms with Gasteiger partial charge in [0, 0.05) is 4.90 Å². The number of benzene rings is 3. The van der Waals surface area contributed by atoms with Crippen LogP contribution in [0.1, 0.15) is 17.3 Å². The van der Waals surface area contributed by atoms with Crippen LogP contribution in [0.2, 0.25) is 0 Å². The molecule has 4 aromatic rings. The van der Waals surface area contributed by atoms with Crippen molar-refractivity contribution in [3.8, 4) is 0 Å². The van der Waals surface area contributed by atoms with E-state index in [1.165, 1.54) is 0 Å². The van der Waals surface area contributed by atoms with Crippen molar-refractivity contribution in [1.29, 1.82) is 0 Å². The van der Waals surface area contributed by atoms with Crippen molar-refractivity contribution in [2.75, 3.05) is 0 Å². The van der Waals surface area contributed by atoms with Crippen LogP contribution in [0, 0.1) is 0 Å². The molecule has 0 saturated heterocycles. The van der Waals surface area contributed by atoms with Gasteiger partial charge in [0.1, 0.15) is 5.75 Å². The Morgan fingerprint density at radius 1 is 0.800 bits per heavy atom. The van der Waals surface area contributed by atoms with Gasteiger partial charge in [-0.05, 0) is 28.5 Å². The molecule has 4 rings (SSSR count). The third-order valence-corrected chi connectivity index (χ3v) is 5.23. The highest BCUT2D eigenvalue weighted by Gasteiger charge is 2.12. The molecule has 3 aromatic carbocycles. The van der Waals surface area contributed by atoms with Crippen molar-refractivity contribution >= 4 is 21.6 Å². The lowest BCUT2D eigenvalue weighted by Crippen LogP contribution is -1.97. The zero-order valence-corrected chi connectivity index (χ0v) is 14.3. The monoisotopic (exact) mass is 348 g/mol. The molecular formula is C20H16N2O2S. The molecule has 0 saturated carbocycles. The van der Waals surface area contributed by atoms with E-state index in [9.17, 15) is 4.21 Å². The standard InChI is InChI=1S/C20H16N2O2S/c23-25(18-11-10-16-8-4-5-9-17(16)13-18)14-20-22-21-19(24-20)12-15-6-2-1-3-7-15/h1-11,13H,12,14H2. The molecule has 1 unspecified atom stereocenters. The molecule has 0 amide bonds. The normalized spacial score (nSPS) is 12.3. The summed E-state index contributed by atoms with van der Waals surface area (Å²) in [5, 5.41) is 10.3. The number of aromatic nitrogens is 2. The van der Waals surface area contributed by atoms with Crippen LogP contribution in [-0.4, -0.2) is 14.4 Å². The number of rotatable bonds is 5. The van der Waals surface area contributed by atoms with Gasteiger partial charge in [-0.2, -0.15) is 0 Å². The fourth-order valence-electron chi connectivity index (χ4n) is 2.69. The number of hydrogen-bond acceptors (Lipinski definition) is 4. The van der Waals surface area contributed by atoms with Crippen LogP contribution >= 0.6 is 0 Å². The van der Waals surface area contributed by atoms with E-state index in [1.54, 1.807) is 0 Å². The molecule has 0 bridgehead atoms. The van der Waals surface area contributed by atoms with Crippen molar-refractivity contribution in [3.05, 3.63) is 90.1 Å². The number of nitrogens with zero attached hydrogens (tertiary/aromatic N) is 2. The third-order valence-electron chi connectivity index (χ3n) is 3.95. The van der Waals surface area contributed by atoms with Crippen LogP contribution in [0.3, 0.4) is 0 Å². The summed E-state index contributed by atoms with van der Waals surface area (Å²) in [5.74, 6) is 1.16. The minimum absolute atomic E-state index is 0.222. The molecule has 5 heteroatoms. The lowest BCUT2D eigenvalue weighted by molar-refractivity contribution is 0.472. The van der Waals surface area contributed by atoms with Crippen LogP contribution in [0.4, 0.5) is 0 Å². The van der Waals surface area contributed by atoms with E-state index >= 15 is 0 Å². The highest BCUT2D eigenvalue weighted by atomic mass is 32.2. The molecule has 0 aliphatic rings. The van der Waals surface area contributed by atoms with Crippen molar-refractivity contribution in [1.82, 2.24) is 10.2 Å². The molecule has 0 aliphatic heterocycles. The van der Waals surface area contributed by atoms with Crippen LogP contribution in [0.25, 0.3) is 10.8 Å². The molecule has 0 spiro atoms. The van der Waals surface area contributed by atoms with E-state index in [1.807, 2.05) is 72.8 Å². The minimum Gasteiger partial charge on any atom is -0.424 e. The average molecular weight is 348 g/mol. The van der Waals surface area contributed by atoms with E-state index in [0.29, 0.717) is 18.2 Å². The second-order valence-corrected chi connectivity index (χ2v) is 7.20. The van der Waals surface area contributed by atoms with Crippen LogP contribution < -0.4 is 0 Å². The SMILES string of the molecule is O=S(Cc1nnc(Cc2ccccc2)o1)c1ccc2ccccc2c1. The molecule has 124 valence electrons. The van der Waals surface area contributed by atoms with Crippen molar-refractivity contribution in [3.63, 3.8) is 0 Å². The van der Waals surface area contributed by atoms with Gasteiger partial charge in [0.25, 0.3) is 0 Å². The summed E-state index contributed by atoms with van der Waals surface area (Å²) < 4.78 is 18.3. The summed E-state index contributed by atoms with van der Waals surface area (Å²) in [5.41, 5.74) is 1.10. The Labute approximate surface area is 148 Å². The topological polar surface area (TPSA) is 56.0 Å². The van der Waals surface area contributed by atoms with Gasteiger partial charge in [0.2, 0.25) is 11.8 Å². The first kappa shape index (κ1) is 15.7. The highest BCUT2D eigenvalue weighted by Crippen LogP contribution is 2.20. The predicted octanol–water partition coefficient (Wildman–Crippen LogP) is 4.12. The van der Waals surface area contributed by atoms with Gasteiger partial charge in [-0.15, -0.1) is 10.2 Å². The van der Waals surface area contributed by atoms with Gasteiger partial charge in [0.15, 0.2) is 0 Å². The van der Waals surface area contributed by atoms with Gasteiger partial charge in [-0.1, -0.05) is 60.7 Å². The maximum atomic E-state index is 12.6. The molecule has 0 radical (unpaired) electrons. The lowest BCUT2D eigenvalue weighted by atomic mass is 10.1. The molecule has 0 N–H and O–H groups in total. The van der Waals surface area contributed by atoms with Crippen LogP contribution in [-0.2, 0) is 23.0 Å². The van der Waals surface area contributed by atoms with Crippen molar-refractivity contribution in [2.24, 2.45) is 0 Å². The van der Waals surface area contributed by atoms with Gasteiger partial charge in [-0.25, -0.2) is 0 Å². The zero-order valence-electron chi connectivity index (χ0n) is 13.5. The van der Waals surface area contributed by atoms with Crippen molar-refractivity contribution in [2.45, 2.75) is 17.1 Å². The average Bonchev–Trinajstić information content (AvgIpc) is 3.09. The predicted molar refractivity (Wildman–Crippen MR) is 97.6 cm³/mol. The van der Waals surface area contributed by atoms with Gasteiger partial charge >= 0.3 is 0 Å². The fraction of sp³-hybridized carbons (Fsp3) is 0.100. The highest BCUT2D eigenvalue weighted by molar-refractivity contribution is 7.84. The Hall–Kier alpha value is -2.79. The minimum atomic E-state index is -1.22. The summed E-state index contributed by atoms with van der Waals surface area (Å²) >= 11 is 0. The second kappa shape index (κ2) is 6.99. The third kappa shape index (κ3) is 3.67. The summed E-state index contributed by atoms with van der Waals surface area (Å²) in [6.45, 7) is 0. The number of hydrogen-bond donors (Lipinski definition) is 0. The van der Waals surface area contributed by atoms with Gasteiger partial charge in [0.05, 0.1) is 17.2 Å². The van der Waals surface area contributed by atoms with E-state index < -0.39 is 10.8 Å². The molecule has 0 aliphatic carbocycles. The van der Waals surface area contributed by atoms with Crippen LogP contribution in [0.15, 0.2) is 82.1 Å². The maximum Gasteiger partial charge on any atom is 0.229 e. The smallest absolute Gasteiger partial charge is 0.229 e. The van der Waals surface area contributed by atoms with Gasteiger partial charge in [-0.3, -0.25) is 4.21 Å². The Morgan fingerprint density at radius 2 is 1.52 bits per heavy atom. The Kier molecular flexibility index (Phi) is 4.39. The van der Waals surface area contributed by atoms with E-state index in [4.69, 9.17) is 4.42 Å². The maximum absolute atomic E-state index is 12.6. The Bertz CT molecular complexity index is 1030. The Morgan fingerprint density at radius 3 is 2.36 bits per heavy atom. The quantitative estimate of drug-likeness (QED) is 0.544. The largest absolute Gasteiger partial charge is 0.424 e. The summed E-state index contributed by atoms with van der Waals surface area (Å²) in [6, 6.07) is 23.8. The zero-order chi connectivity index (χ0) is 17.1. The summed E-state index contributed by atoms with van der Waals surface area (Å²) in [4.78, 5) is 0.765. The first-order chi connectivity index (χ1) is 12.3. The molecule has 0 fully saturated rings. The first-order valence-corrected chi connectivity index (χ1v) is 9.32. The molecular weight excluding hydrogens is 332 g/mol. The molecule has 1 aromatic heterocycles. The summed E-state index contributed by atoms with van der Waals surface area (Å²) in [6.07, 6.45) is 0.580. The molecule has 1 heterocycles. The molecule has 4 nitrogen and oxygen atoms in total. The van der Waals surface area contributed by atoms with Crippen molar-refractivity contribution < 1.29 is 8.63 Å². The number of fused-ring (bicyclic) bond motifs is 1. The Balaban J connectivity index is 1.48. The van der Waals surface area contributed by atoms with E-state index in [0.717, 1.165) is 21.2 Å². The van der Waals surface area contributed by atoms with Gasteiger partial charge < -0.3 is 4.42 Å². The van der Waals surface area contributed by atoms with E-state index in [-0.39, 0.29) is 5.75 Å².